The molecule has 0 bridgehead atoms. The second-order valence-corrected chi connectivity index (χ2v) is 7.18. The van der Waals surface area contributed by atoms with Gasteiger partial charge in [0, 0.05) is 39.8 Å². The summed E-state index contributed by atoms with van der Waals surface area (Å²) in [6.45, 7) is 10.1. The molecule has 0 spiro atoms. The first kappa shape index (κ1) is 25.1. The van der Waals surface area contributed by atoms with Crippen molar-refractivity contribution in [1.82, 2.24) is 15.5 Å². The fourth-order valence-electron chi connectivity index (χ4n) is 2.99. The minimum atomic E-state index is -0.838. The van der Waals surface area contributed by atoms with Gasteiger partial charge in [-0.15, -0.1) is 24.0 Å². The van der Waals surface area contributed by atoms with Gasteiger partial charge in [0.05, 0.1) is 32.0 Å². The largest absolute Gasteiger partial charge is 0.387 e. The molecule has 1 aromatic rings. The maximum absolute atomic E-state index is 10.7. The normalized spacial score (nSPS) is 17.5. The van der Waals surface area contributed by atoms with Crippen molar-refractivity contribution < 1.29 is 14.6 Å². The molecule has 1 aliphatic heterocycles. The summed E-state index contributed by atoms with van der Waals surface area (Å²) in [6.07, 6.45) is 0. The summed E-state index contributed by atoms with van der Waals surface area (Å²) >= 11 is 0. The number of ether oxygens (including phenoxy) is 2. The van der Waals surface area contributed by atoms with Crippen LogP contribution in [0, 0.1) is 0 Å². The molecule has 7 nitrogen and oxygen atoms in total. The van der Waals surface area contributed by atoms with E-state index in [-0.39, 0.29) is 24.0 Å². The van der Waals surface area contributed by atoms with Gasteiger partial charge in [0.15, 0.2) is 5.96 Å². The zero-order chi connectivity index (χ0) is 19.5. The van der Waals surface area contributed by atoms with Gasteiger partial charge in [0.25, 0.3) is 0 Å². The van der Waals surface area contributed by atoms with E-state index < -0.39 is 5.60 Å². The van der Waals surface area contributed by atoms with Crippen molar-refractivity contribution >= 4 is 29.9 Å². The van der Waals surface area contributed by atoms with Gasteiger partial charge in [0.2, 0.25) is 0 Å². The van der Waals surface area contributed by atoms with Crippen LogP contribution >= 0.6 is 24.0 Å². The zero-order valence-corrected chi connectivity index (χ0v) is 19.6. The number of aliphatic imine (C=N–C) groups is 1. The van der Waals surface area contributed by atoms with Crippen molar-refractivity contribution in [2.24, 2.45) is 4.99 Å². The molecule has 3 N–H and O–H groups in total. The molecule has 0 amide bonds. The van der Waals surface area contributed by atoms with E-state index in [1.54, 1.807) is 7.11 Å². The lowest BCUT2D eigenvalue weighted by atomic mass is 10.1. The van der Waals surface area contributed by atoms with Crippen molar-refractivity contribution in [1.29, 1.82) is 0 Å². The Morgan fingerprint density at radius 2 is 1.86 bits per heavy atom. The third-order valence-corrected chi connectivity index (χ3v) is 4.40. The Morgan fingerprint density at radius 3 is 2.46 bits per heavy atom. The highest BCUT2D eigenvalue weighted by atomic mass is 127. The van der Waals surface area contributed by atoms with Gasteiger partial charge >= 0.3 is 0 Å². The number of benzene rings is 1. The van der Waals surface area contributed by atoms with E-state index >= 15 is 0 Å². The first-order valence-electron chi connectivity index (χ1n) is 9.64. The highest BCUT2D eigenvalue weighted by molar-refractivity contribution is 14.0. The molecule has 8 heteroatoms. The molecule has 160 valence electrons. The maximum Gasteiger partial charge on any atom is 0.191 e. The topological polar surface area (TPSA) is 78.4 Å². The molecule has 1 aliphatic rings. The van der Waals surface area contributed by atoms with Gasteiger partial charge in [-0.05, 0) is 25.0 Å². The van der Waals surface area contributed by atoms with Gasteiger partial charge in [-0.1, -0.05) is 24.3 Å². The van der Waals surface area contributed by atoms with E-state index in [0.717, 1.165) is 44.0 Å². The maximum atomic E-state index is 10.7. The first-order chi connectivity index (χ1) is 13.0. The highest BCUT2D eigenvalue weighted by Crippen LogP contribution is 2.08. The predicted molar refractivity (Wildman–Crippen MR) is 123 cm³/mol. The van der Waals surface area contributed by atoms with E-state index in [9.17, 15) is 5.11 Å². The van der Waals surface area contributed by atoms with Gasteiger partial charge < -0.3 is 25.2 Å². The van der Waals surface area contributed by atoms with Crippen LogP contribution in [0.3, 0.4) is 0 Å². The van der Waals surface area contributed by atoms with E-state index in [2.05, 4.69) is 44.8 Å². The Bertz CT molecular complexity index is 575. The Balaban J connectivity index is 0.00000392. The second kappa shape index (κ2) is 13.3. The van der Waals surface area contributed by atoms with Crippen molar-refractivity contribution in [2.45, 2.75) is 32.6 Å². The molecule has 1 heterocycles. The van der Waals surface area contributed by atoms with E-state index in [1.165, 1.54) is 0 Å². The number of hydrogen-bond acceptors (Lipinski definition) is 5. The second-order valence-electron chi connectivity index (χ2n) is 7.18. The minimum absolute atomic E-state index is 0. The van der Waals surface area contributed by atoms with Crippen LogP contribution in [0.4, 0.5) is 0 Å². The van der Waals surface area contributed by atoms with Crippen LogP contribution in [0.5, 0.6) is 0 Å². The molecule has 1 unspecified atom stereocenters. The fourth-order valence-corrected chi connectivity index (χ4v) is 2.99. The molecular weight excluding hydrogens is 471 g/mol. The number of halogens is 1. The number of rotatable bonds is 9. The summed E-state index contributed by atoms with van der Waals surface area (Å²) < 4.78 is 10.5. The van der Waals surface area contributed by atoms with E-state index in [4.69, 9.17) is 9.47 Å². The number of hydrogen-bond donors (Lipinski definition) is 3. The van der Waals surface area contributed by atoms with Crippen LogP contribution in [0.25, 0.3) is 0 Å². The molecule has 0 aromatic heterocycles. The van der Waals surface area contributed by atoms with Crippen LogP contribution in [-0.2, 0) is 22.6 Å². The molecule has 0 saturated carbocycles. The van der Waals surface area contributed by atoms with Crippen molar-refractivity contribution in [3.8, 4) is 0 Å². The SMILES string of the molecule is CCNC(=NCc1ccc(COC)cc1)NCC(C)(O)CN1CCOCC1.I. The summed E-state index contributed by atoms with van der Waals surface area (Å²) in [7, 11) is 1.69. The number of guanidine groups is 1. The van der Waals surface area contributed by atoms with Gasteiger partial charge in [-0.25, -0.2) is 4.99 Å². The smallest absolute Gasteiger partial charge is 0.191 e. The van der Waals surface area contributed by atoms with Gasteiger partial charge in [-0.3, -0.25) is 4.90 Å². The van der Waals surface area contributed by atoms with Crippen molar-refractivity contribution in [3.63, 3.8) is 0 Å². The van der Waals surface area contributed by atoms with Crippen LogP contribution in [0.15, 0.2) is 29.3 Å². The molecule has 1 aromatic carbocycles. The molecule has 28 heavy (non-hydrogen) atoms. The number of methoxy groups -OCH3 is 1. The summed E-state index contributed by atoms with van der Waals surface area (Å²) in [5.41, 5.74) is 1.44. The van der Waals surface area contributed by atoms with Crippen LogP contribution in [-0.4, -0.2) is 74.6 Å². The minimum Gasteiger partial charge on any atom is -0.387 e. The molecule has 1 fully saturated rings. The van der Waals surface area contributed by atoms with Crippen LogP contribution in [0.1, 0.15) is 25.0 Å². The van der Waals surface area contributed by atoms with E-state index in [0.29, 0.717) is 32.2 Å². The molecule has 0 radical (unpaired) electrons. The Kier molecular flexibility index (Phi) is 11.9. The standard InChI is InChI=1S/C20H34N4O3.HI/c1-4-21-19(22-13-17-5-7-18(8-6-17)14-26-3)23-15-20(2,25)16-24-9-11-27-12-10-24;/h5-8,25H,4,9-16H2,1-3H3,(H2,21,22,23);1H. The summed E-state index contributed by atoms with van der Waals surface area (Å²) in [5, 5.41) is 17.2. The number of nitrogens with zero attached hydrogens (tertiary/aromatic N) is 2. The Morgan fingerprint density at radius 1 is 1.21 bits per heavy atom. The quantitative estimate of drug-likeness (QED) is 0.268. The summed E-state index contributed by atoms with van der Waals surface area (Å²) in [4.78, 5) is 6.86. The molecular formula is C20H35IN4O3. The van der Waals surface area contributed by atoms with Crippen LogP contribution < -0.4 is 10.6 Å². The lowest BCUT2D eigenvalue weighted by Crippen LogP contribution is -2.52. The molecule has 1 saturated heterocycles. The molecule has 0 aliphatic carbocycles. The number of β-amino-alcohol motifs (C(OH)–C–C–N with tert-alkyl or cyclic N) is 1. The molecule has 1 atom stereocenters. The van der Waals surface area contributed by atoms with Crippen LogP contribution in [0.2, 0.25) is 0 Å². The highest BCUT2D eigenvalue weighted by Gasteiger charge is 2.25. The van der Waals surface area contributed by atoms with Crippen molar-refractivity contribution in [2.75, 3.05) is 53.0 Å². The zero-order valence-electron chi connectivity index (χ0n) is 17.2. The Hall–Kier alpha value is -0.940. The monoisotopic (exact) mass is 506 g/mol. The van der Waals surface area contributed by atoms with Gasteiger partial charge in [0.1, 0.15) is 0 Å². The Labute approximate surface area is 185 Å². The average Bonchev–Trinajstić information content (AvgIpc) is 2.66. The summed E-state index contributed by atoms with van der Waals surface area (Å²) in [5.74, 6) is 0.709. The lowest BCUT2D eigenvalue weighted by molar-refractivity contribution is -0.0201. The number of nitrogens with one attached hydrogen (secondary N) is 2. The third kappa shape index (κ3) is 9.51. The third-order valence-electron chi connectivity index (χ3n) is 4.40. The number of aliphatic hydroxyl groups is 1. The average molecular weight is 506 g/mol. The lowest BCUT2D eigenvalue weighted by Gasteiger charge is -2.34. The first-order valence-corrected chi connectivity index (χ1v) is 9.64. The predicted octanol–water partition coefficient (Wildman–Crippen LogP) is 1.59. The molecule has 2 rings (SSSR count). The van der Waals surface area contributed by atoms with E-state index in [1.807, 2.05) is 13.8 Å². The summed E-state index contributed by atoms with van der Waals surface area (Å²) in [6, 6.07) is 8.25. The van der Waals surface area contributed by atoms with Crippen molar-refractivity contribution in [3.05, 3.63) is 35.4 Å². The fraction of sp³-hybridized carbons (Fsp3) is 0.650. The van der Waals surface area contributed by atoms with Gasteiger partial charge in [-0.2, -0.15) is 0 Å². The number of morpholine rings is 1.